The van der Waals surface area contributed by atoms with Crippen molar-refractivity contribution in [1.29, 1.82) is 0 Å². The predicted molar refractivity (Wildman–Crippen MR) is 67.0 cm³/mol. The summed E-state index contributed by atoms with van der Waals surface area (Å²) in [5.74, 6) is -0.569. The van der Waals surface area contributed by atoms with E-state index in [2.05, 4.69) is 0 Å². The van der Waals surface area contributed by atoms with E-state index in [1.165, 1.54) is 0 Å². The van der Waals surface area contributed by atoms with Crippen molar-refractivity contribution in [2.24, 2.45) is 5.92 Å². The summed E-state index contributed by atoms with van der Waals surface area (Å²) in [7, 11) is 1.60. The van der Waals surface area contributed by atoms with Crippen molar-refractivity contribution in [2.75, 3.05) is 20.3 Å². The molecule has 1 fully saturated rings. The topological polar surface area (TPSA) is 55.8 Å². The number of aryl methyl sites for hydroxylation is 1. The van der Waals surface area contributed by atoms with E-state index >= 15 is 0 Å². The van der Waals surface area contributed by atoms with Gasteiger partial charge in [0.05, 0.1) is 31.7 Å². The van der Waals surface area contributed by atoms with E-state index in [9.17, 15) is 9.90 Å². The molecule has 0 aromatic heterocycles. The zero-order valence-corrected chi connectivity index (χ0v) is 10.9. The predicted octanol–water partition coefficient (Wildman–Crippen LogP) is 1.99. The van der Waals surface area contributed by atoms with Gasteiger partial charge in [0.25, 0.3) is 0 Å². The van der Waals surface area contributed by atoms with Gasteiger partial charge in [-0.25, -0.2) is 0 Å². The summed E-state index contributed by atoms with van der Waals surface area (Å²) in [4.78, 5) is 11.3. The molecule has 1 aromatic rings. The van der Waals surface area contributed by atoms with Crippen LogP contribution in [0.1, 0.15) is 18.1 Å². The third-order valence-corrected chi connectivity index (χ3v) is 3.81. The molecule has 98 valence electrons. The number of carboxylic acid groups (broad SMARTS) is 1. The molecule has 0 amide bonds. The molecular weight excluding hydrogens is 232 g/mol. The molecule has 0 radical (unpaired) electrons. The van der Waals surface area contributed by atoms with E-state index in [4.69, 9.17) is 9.47 Å². The highest BCUT2D eigenvalue weighted by atomic mass is 16.5. The number of ether oxygens (including phenoxy) is 2. The second kappa shape index (κ2) is 4.61. The van der Waals surface area contributed by atoms with Crippen molar-refractivity contribution in [3.05, 3.63) is 29.3 Å². The third kappa shape index (κ3) is 1.86. The molecular formula is C14H18O4. The van der Waals surface area contributed by atoms with Gasteiger partial charge < -0.3 is 14.6 Å². The first-order valence-corrected chi connectivity index (χ1v) is 5.97. The number of carboxylic acids is 1. The normalized spacial score (nSPS) is 18.8. The van der Waals surface area contributed by atoms with Crippen LogP contribution in [0.5, 0.6) is 5.75 Å². The minimum absolute atomic E-state index is 0.431. The molecule has 0 bridgehead atoms. The highest BCUT2D eigenvalue weighted by Crippen LogP contribution is 2.44. The molecule has 1 heterocycles. The Balaban J connectivity index is 2.50. The number of hydrogen-bond donors (Lipinski definition) is 1. The largest absolute Gasteiger partial charge is 0.496 e. The van der Waals surface area contributed by atoms with Gasteiger partial charge in [-0.1, -0.05) is 24.6 Å². The minimum atomic E-state index is -0.804. The van der Waals surface area contributed by atoms with Gasteiger partial charge in [0.1, 0.15) is 5.75 Å². The lowest BCUT2D eigenvalue weighted by atomic mass is 9.68. The summed E-state index contributed by atoms with van der Waals surface area (Å²) in [5, 5.41) is 9.28. The van der Waals surface area contributed by atoms with E-state index in [0.29, 0.717) is 13.2 Å². The van der Waals surface area contributed by atoms with Crippen LogP contribution in [0.4, 0.5) is 0 Å². The Kier molecular flexibility index (Phi) is 3.30. The van der Waals surface area contributed by atoms with Crippen molar-refractivity contribution < 1.29 is 19.4 Å². The molecule has 1 unspecified atom stereocenters. The maximum absolute atomic E-state index is 11.3. The first kappa shape index (κ1) is 12.9. The molecule has 1 aromatic carbocycles. The van der Waals surface area contributed by atoms with Crippen molar-refractivity contribution in [1.82, 2.24) is 0 Å². The third-order valence-electron chi connectivity index (χ3n) is 3.81. The fourth-order valence-electron chi connectivity index (χ4n) is 2.41. The van der Waals surface area contributed by atoms with Crippen LogP contribution in [0.2, 0.25) is 0 Å². The summed E-state index contributed by atoms with van der Waals surface area (Å²) < 4.78 is 10.6. The van der Waals surface area contributed by atoms with Crippen LogP contribution >= 0.6 is 0 Å². The van der Waals surface area contributed by atoms with Gasteiger partial charge in [0.15, 0.2) is 0 Å². The molecule has 1 saturated heterocycles. The highest BCUT2D eigenvalue weighted by molar-refractivity contribution is 5.73. The zero-order chi connectivity index (χ0) is 13.3. The maximum Gasteiger partial charge on any atom is 0.307 e. The zero-order valence-electron chi connectivity index (χ0n) is 10.9. The summed E-state index contributed by atoms with van der Waals surface area (Å²) in [6.45, 7) is 4.58. The molecule has 0 saturated carbocycles. The van der Waals surface area contributed by atoms with Gasteiger partial charge in [-0.15, -0.1) is 0 Å². The molecule has 4 heteroatoms. The number of aliphatic carboxylic acids is 1. The summed E-state index contributed by atoms with van der Waals surface area (Å²) in [6.07, 6.45) is 0. The highest BCUT2D eigenvalue weighted by Gasteiger charge is 2.49. The molecule has 1 aliphatic heterocycles. The lowest BCUT2D eigenvalue weighted by molar-refractivity contribution is -0.155. The van der Waals surface area contributed by atoms with Crippen molar-refractivity contribution in [3.63, 3.8) is 0 Å². The van der Waals surface area contributed by atoms with Crippen LogP contribution in [0.25, 0.3) is 0 Å². The fraction of sp³-hybridized carbons (Fsp3) is 0.500. The summed E-state index contributed by atoms with van der Waals surface area (Å²) in [6, 6.07) is 5.85. The standard InChI is InChI=1S/C14H18O4/c1-9-4-5-12(17-3)11(6-9)14(7-18-8-14)10(2)13(15)16/h4-6,10H,7-8H2,1-3H3,(H,15,16). The molecule has 4 nitrogen and oxygen atoms in total. The van der Waals surface area contributed by atoms with Crippen LogP contribution < -0.4 is 4.74 Å². The Bertz CT molecular complexity index is 463. The van der Waals surface area contributed by atoms with Crippen molar-refractivity contribution in [2.45, 2.75) is 19.3 Å². The van der Waals surface area contributed by atoms with Crippen LogP contribution in [0.3, 0.4) is 0 Å². The first-order chi connectivity index (χ1) is 8.51. The second-order valence-corrected chi connectivity index (χ2v) is 4.91. The van der Waals surface area contributed by atoms with Gasteiger partial charge in [0, 0.05) is 5.56 Å². The average molecular weight is 250 g/mol. The van der Waals surface area contributed by atoms with Gasteiger partial charge >= 0.3 is 5.97 Å². The Morgan fingerprint density at radius 2 is 2.17 bits per heavy atom. The number of carbonyl (C=O) groups is 1. The summed E-state index contributed by atoms with van der Waals surface area (Å²) in [5.41, 5.74) is 1.56. The first-order valence-electron chi connectivity index (χ1n) is 5.97. The monoisotopic (exact) mass is 250 g/mol. The van der Waals surface area contributed by atoms with E-state index < -0.39 is 17.3 Å². The maximum atomic E-state index is 11.3. The minimum Gasteiger partial charge on any atom is -0.496 e. The van der Waals surface area contributed by atoms with E-state index in [1.54, 1.807) is 14.0 Å². The fourth-order valence-corrected chi connectivity index (χ4v) is 2.41. The Morgan fingerprint density at radius 3 is 2.61 bits per heavy atom. The van der Waals surface area contributed by atoms with Gasteiger partial charge in [-0.3, -0.25) is 4.79 Å². The molecule has 1 aliphatic rings. The average Bonchev–Trinajstić information content (AvgIpc) is 2.27. The Labute approximate surface area is 107 Å². The van der Waals surface area contributed by atoms with Gasteiger partial charge in [-0.05, 0) is 13.0 Å². The van der Waals surface area contributed by atoms with Crippen LogP contribution in [-0.2, 0) is 14.9 Å². The number of benzene rings is 1. The molecule has 0 spiro atoms. The smallest absolute Gasteiger partial charge is 0.307 e. The SMILES string of the molecule is COc1ccc(C)cc1C1(C(C)C(=O)O)COC1. The quantitative estimate of drug-likeness (QED) is 0.888. The second-order valence-electron chi connectivity index (χ2n) is 4.91. The van der Waals surface area contributed by atoms with Crippen LogP contribution in [0, 0.1) is 12.8 Å². The van der Waals surface area contributed by atoms with Crippen molar-refractivity contribution in [3.8, 4) is 5.75 Å². The van der Waals surface area contributed by atoms with Gasteiger partial charge in [0.2, 0.25) is 0 Å². The molecule has 2 rings (SSSR count). The number of hydrogen-bond acceptors (Lipinski definition) is 3. The van der Waals surface area contributed by atoms with E-state index in [1.807, 2.05) is 25.1 Å². The van der Waals surface area contributed by atoms with Crippen LogP contribution in [-0.4, -0.2) is 31.4 Å². The molecule has 1 N–H and O–H groups in total. The molecule has 0 aliphatic carbocycles. The van der Waals surface area contributed by atoms with E-state index in [-0.39, 0.29) is 0 Å². The lowest BCUT2D eigenvalue weighted by Crippen LogP contribution is -2.54. The van der Waals surface area contributed by atoms with Crippen molar-refractivity contribution >= 4 is 5.97 Å². The van der Waals surface area contributed by atoms with Crippen LogP contribution in [0.15, 0.2) is 18.2 Å². The summed E-state index contributed by atoms with van der Waals surface area (Å²) >= 11 is 0. The Morgan fingerprint density at radius 1 is 1.50 bits per heavy atom. The lowest BCUT2D eigenvalue weighted by Gasteiger charge is -2.45. The van der Waals surface area contributed by atoms with Gasteiger partial charge in [-0.2, -0.15) is 0 Å². The molecule has 18 heavy (non-hydrogen) atoms. The Hall–Kier alpha value is -1.55. The molecule has 1 atom stereocenters. The number of rotatable bonds is 4. The number of methoxy groups -OCH3 is 1. The van der Waals surface area contributed by atoms with E-state index in [0.717, 1.165) is 16.9 Å².